The lowest BCUT2D eigenvalue weighted by atomic mass is 9.88. The predicted octanol–water partition coefficient (Wildman–Crippen LogP) is 4.53. The minimum absolute atomic E-state index is 0.180. The van der Waals surface area contributed by atoms with Gasteiger partial charge in [0, 0.05) is 16.8 Å². The zero-order valence-corrected chi connectivity index (χ0v) is 17.6. The molecule has 3 aliphatic rings. The molecule has 0 saturated heterocycles. The van der Waals surface area contributed by atoms with Crippen molar-refractivity contribution in [1.29, 1.82) is 5.26 Å². The molecule has 6 nitrogen and oxygen atoms in total. The Balaban J connectivity index is 1.54. The van der Waals surface area contributed by atoms with E-state index in [1.807, 2.05) is 6.08 Å². The van der Waals surface area contributed by atoms with Crippen LogP contribution >= 0.6 is 0 Å². The van der Waals surface area contributed by atoms with E-state index in [-0.39, 0.29) is 29.6 Å². The number of nitriles is 1. The van der Waals surface area contributed by atoms with Crippen molar-refractivity contribution in [3.63, 3.8) is 0 Å². The molecule has 4 rings (SSSR count). The average molecular weight is 438 g/mol. The fourth-order valence-corrected chi connectivity index (χ4v) is 4.53. The summed E-state index contributed by atoms with van der Waals surface area (Å²) in [6, 6.07) is 7.71. The number of allylic oxidation sites excluding steroid dienone is 3. The number of nitrogens with zero attached hydrogens (tertiary/aromatic N) is 3. The Labute approximate surface area is 185 Å². The summed E-state index contributed by atoms with van der Waals surface area (Å²) in [6.07, 6.45) is 7.47. The van der Waals surface area contributed by atoms with Gasteiger partial charge in [-0.3, -0.25) is 14.6 Å². The minimum atomic E-state index is -2.63. The van der Waals surface area contributed by atoms with Gasteiger partial charge >= 0.3 is 0 Å². The summed E-state index contributed by atoms with van der Waals surface area (Å²) in [5, 5.41) is 11.7. The summed E-state index contributed by atoms with van der Waals surface area (Å²) in [4.78, 5) is 32.5. The highest BCUT2D eigenvalue weighted by atomic mass is 19.3. The summed E-state index contributed by atoms with van der Waals surface area (Å²) in [5.74, 6) is -0.982. The van der Waals surface area contributed by atoms with E-state index in [1.54, 1.807) is 12.2 Å². The lowest BCUT2D eigenvalue weighted by Gasteiger charge is -2.38. The van der Waals surface area contributed by atoms with Crippen molar-refractivity contribution in [3.05, 3.63) is 53.6 Å². The van der Waals surface area contributed by atoms with Crippen molar-refractivity contribution in [2.45, 2.75) is 50.6 Å². The van der Waals surface area contributed by atoms with E-state index >= 15 is 0 Å². The number of amides is 2. The van der Waals surface area contributed by atoms with Crippen LogP contribution < -0.4 is 5.32 Å². The number of hydrogen-bond acceptors (Lipinski definition) is 4. The third-order valence-corrected chi connectivity index (χ3v) is 6.19. The van der Waals surface area contributed by atoms with Crippen LogP contribution in [-0.4, -0.2) is 34.6 Å². The highest BCUT2D eigenvalue weighted by Crippen LogP contribution is 2.40. The molecule has 1 N–H and O–H groups in total. The third-order valence-electron chi connectivity index (χ3n) is 6.19. The smallest absolute Gasteiger partial charge is 0.275 e. The fourth-order valence-electron chi connectivity index (χ4n) is 4.53. The number of carbonyl (C=O) groups excluding carboxylic acids is 2. The Hall–Kier alpha value is -3.34. The Morgan fingerprint density at radius 2 is 2.09 bits per heavy atom. The van der Waals surface area contributed by atoms with Gasteiger partial charge in [-0.25, -0.2) is 8.78 Å². The fraction of sp³-hybridized carbons (Fsp3) is 0.417. The van der Waals surface area contributed by atoms with Crippen molar-refractivity contribution >= 4 is 23.2 Å². The first-order valence-electron chi connectivity index (χ1n) is 10.8. The number of anilines is 1. The number of hydrogen-bond donors (Lipinski definition) is 1. The highest BCUT2D eigenvalue weighted by Gasteiger charge is 2.48. The zero-order chi connectivity index (χ0) is 22.7. The third kappa shape index (κ3) is 4.33. The molecule has 1 saturated carbocycles. The van der Waals surface area contributed by atoms with Crippen molar-refractivity contribution in [3.8, 4) is 6.07 Å². The second kappa shape index (κ2) is 9.03. The molecule has 1 fully saturated rings. The van der Waals surface area contributed by atoms with E-state index in [9.17, 15) is 18.4 Å². The van der Waals surface area contributed by atoms with Gasteiger partial charge in [0.1, 0.15) is 17.9 Å². The van der Waals surface area contributed by atoms with Crippen molar-refractivity contribution < 1.29 is 18.4 Å². The van der Waals surface area contributed by atoms with Crippen molar-refractivity contribution in [2.75, 3.05) is 11.9 Å². The summed E-state index contributed by atoms with van der Waals surface area (Å²) >= 11 is 0. The number of halogens is 2. The van der Waals surface area contributed by atoms with Gasteiger partial charge < -0.3 is 10.2 Å². The van der Waals surface area contributed by atoms with Crippen LogP contribution in [0.5, 0.6) is 0 Å². The summed E-state index contributed by atoms with van der Waals surface area (Å²) in [5.41, 5.74) is 0.332. The first-order valence-corrected chi connectivity index (χ1v) is 10.8. The Morgan fingerprint density at radius 1 is 1.31 bits per heavy atom. The molecule has 32 heavy (non-hydrogen) atoms. The second-order valence-electron chi connectivity index (χ2n) is 8.36. The van der Waals surface area contributed by atoms with Gasteiger partial charge in [-0.15, -0.1) is 0 Å². The number of alkyl halides is 2. The van der Waals surface area contributed by atoms with Crippen LogP contribution in [0.3, 0.4) is 0 Å². The van der Waals surface area contributed by atoms with Crippen LogP contribution in [0.1, 0.15) is 50.5 Å². The van der Waals surface area contributed by atoms with Gasteiger partial charge in [-0.05, 0) is 44.2 Å². The molecule has 0 bridgehead atoms. The van der Waals surface area contributed by atoms with E-state index in [1.165, 1.54) is 29.2 Å². The normalized spacial score (nSPS) is 22.0. The van der Waals surface area contributed by atoms with Gasteiger partial charge in [0.25, 0.3) is 12.3 Å². The summed E-state index contributed by atoms with van der Waals surface area (Å²) in [6.45, 7) is -0.206. The first-order chi connectivity index (χ1) is 15.4. The number of nitrogens with one attached hydrogen (secondary N) is 1. The minimum Gasteiger partial charge on any atom is -0.325 e. The molecule has 0 radical (unpaired) electrons. The molecule has 8 heteroatoms. The first kappa shape index (κ1) is 21.9. The van der Waals surface area contributed by atoms with Gasteiger partial charge in [0.2, 0.25) is 5.91 Å². The van der Waals surface area contributed by atoms with Gasteiger partial charge in [-0.1, -0.05) is 36.8 Å². The van der Waals surface area contributed by atoms with Gasteiger partial charge in [-0.2, -0.15) is 5.26 Å². The van der Waals surface area contributed by atoms with E-state index in [0.29, 0.717) is 30.5 Å². The zero-order valence-electron chi connectivity index (χ0n) is 17.6. The lowest BCUT2D eigenvalue weighted by Crippen LogP contribution is -2.51. The van der Waals surface area contributed by atoms with Crippen molar-refractivity contribution in [1.82, 2.24) is 4.90 Å². The molecule has 1 heterocycles. The maximum atomic E-state index is 13.3. The molecular weight excluding hydrogens is 414 g/mol. The Kier molecular flexibility index (Phi) is 6.17. The Morgan fingerprint density at radius 3 is 2.75 bits per heavy atom. The molecule has 166 valence electrons. The van der Waals surface area contributed by atoms with E-state index < -0.39 is 18.0 Å². The lowest BCUT2D eigenvalue weighted by molar-refractivity contribution is -0.134. The highest BCUT2D eigenvalue weighted by molar-refractivity contribution is 6.47. The van der Waals surface area contributed by atoms with Gasteiger partial charge in [0.15, 0.2) is 0 Å². The second-order valence-corrected chi connectivity index (χ2v) is 8.36. The molecule has 0 aromatic heterocycles. The molecule has 1 unspecified atom stereocenters. The number of benzene rings is 1. The monoisotopic (exact) mass is 438 g/mol. The largest absolute Gasteiger partial charge is 0.325 e. The standard InChI is InChI=1S/C24H24F2N4O2/c25-22(26)18-5-4-6-19(13-18)28-20(31)15-30-23(32)21(17-9-7-16(14-27)8-10-17)29-24(30)11-2-1-3-12-24/h4-7,9-10,13,16,22H,1-3,8,11-12,15H2,(H,28,31). The molecule has 1 atom stereocenters. The molecule has 1 spiro atoms. The summed E-state index contributed by atoms with van der Waals surface area (Å²) < 4.78 is 25.9. The average Bonchev–Trinajstić information content (AvgIpc) is 3.05. The maximum Gasteiger partial charge on any atom is 0.275 e. The SMILES string of the molecule is N#CC1C=CC(C2=NC3(CCCCC3)N(CC(=O)Nc3cccc(C(F)F)c3)C2=O)=CC1. The van der Waals surface area contributed by atoms with Crippen LogP contribution in [0.15, 0.2) is 53.1 Å². The molecule has 1 aliphatic heterocycles. The maximum absolute atomic E-state index is 13.3. The molecule has 1 aromatic carbocycles. The van der Waals surface area contributed by atoms with E-state index in [2.05, 4.69) is 11.4 Å². The molecule has 2 amide bonds. The topological polar surface area (TPSA) is 85.6 Å². The molecule has 1 aromatic rings. The number of carbonyl (C=O) groups is 2. The number of rotatable bonds is 5. The van der Waals surface area contributed by atoms with Crippen LogP contribution in [-0.2, 0) is 9.59 Å². The summed E-state index contributed by atoms with van der Waals surface area (Å²) in [7, 11) is 0. The van der Waals surface area contributed by atoms with E-state index in [0.717, 1.165) is 19.3 Å². The quantitative estimate of drug-likeness (QED) is 0.733. The van der Waals surface area contributed by atoms with Crippen molar-refractivity contribution in [2.24, 2.45) is 10.9 Å². The Bertz CT molecular complexity index is 1050. The number of aliphatic imine (C=N–C) groups is 1. The van der Waals surface area contributed by atoms with Gasteiger partial charge in [0.05, 0.1) is 12.0 Å². The molecular formula is C24H24F2N4O2. The van der Waals surface area contributed by atoms with Crippen LogP contribution in [0.4, 0.5) is 14.5 Å². The van der Waals surface area contributed by atoms with Crippen LogP contribution in [0.2, 0.25) is 0 Å². The predicted molar refractivity (Wildman–Crippen MR) is 116 cm³/mol. The molecule has 2 aliphatic carbocycles. The van der Waals surface area contributed by atoms with Crippen LogP contribution in [0, 0.1) is 17.2 Å². The van der Waals surface area contributed by atoms with Crippen LogP contribution in [0.25, 0.3) is 0 Å². The van der Waals surface area contributed by atoms with E-state index in [4.69, 9.17) is 10.3 Å².